The van der Waals surface area contributed by atoms with Crippen molar-refractivity contribution in [1.29, 1.82) is 0 Å². The van der Waals surface area contributed by atoms with E-state index in [0.29, 0.717) is 31.9 Å². The third-order valence-electron chi connectivity index (χ3n) is 5.83. The summed E-state index contributed by atoms with van der Waals surface area (Å²) in [5, 5.41) is 3.19. The third-order valence-corrected chi connectivity index (χ3v) is 5.83. The molecule has 0 atom stereocenters. The van der Waals surface area contributed by atoms with E-state index in [9.17, 15) is 4.79 Å². The number of nitrogens with zero attached hydrogens (tertiary/aromatic N) is 1. The van der Waals surface area contributed by atoms with Crippen LogP contribution in [0.25, 0.3) is 5.69 Å². The van der Waals surface area contributed by atoms with E-state index < -0.39 is 0 Å². The Kier molecular flexibility index (Phi) is 6.19. The molecule has 0 spiro atoms. The molecule has 1 amide bonds. The Morgan fingerprint density at radius 1 is 1.07 bits per heavy atom. The molecule has 0 radical (unpaired) electrons. The van der Waals surface area contributed by atoms with Gasteiger partial charge in [-0.2, -0.15) is 0 Å². The van der Waals surface area contributed by atoms with Gasteiger partial charge in [-0.1, -0.05) is 18.2 Å². The standard InChI is InChI=1S/C25H28N2O3/c1-2-30-23-10-8-21(9-11-23)25(12-16-29-17-13-25)19-26-24(28)20-6-5-7-22(18-20)27-14-3-4-15-27/h3-11,14-15,18H,2,12-13,16-17,19H2,1H3,(H,26,28). The summed E-state index contributed by atoms with van der Waals surface area (Å²) in [6.45, 7) is 4.61. The predicted octanol–water partition coefficient (Wildman–Crippen LogP) is 4.35. The summed E-state index contributed by atoms with van der Waals surface area (Å²) in [5.41, 5.74) is 2.72. The van der Waals surface area contributed by atoms with Crippen LogP contribution in [-0.2, 0) is 10.2 Å². The monoisotopic (exact) mass is 404 g/mol. The van der Waals surface area contributed by atoms with Gasteiger partial charge in [0.15, 0.2) is 0 Å². The lowest BCUT2D eigenvalue weighted by molar-refractivity contribution is 0.0487. The molecule has 5 nitrogen and oxygen atoms in total. The van der Waals surface area contributed by atoms with Gasteiger partial charge in [-0.15, -0.1) is 0 Å². The zero-order valence-corrected chi connectivity index (χ0v) is 17.3. The van der Waals surface area contributed by atoms with E-state index in [-0.39, 0.29) is 11.3 Å². The quantitative estimate of drug-likeness (QED) is 0.637. The summed E-state index contributed by atoms with van der Waals surface area (Å²) in [4.78, 5) is 13.0. The molecule has 0 aliphatic carbocycles. The van der Waals surface area contributed by atoms with E-state index in [1.54, 1.807) is 0 Å². The minimum absolute atomic E-state index is 0.0548. The Balaban J connectivity index is 1.50. The van der Waals surface area contributed by atoms with Gasteiger partial charge in [0, 0.05) is 48.8 Å². The lowest BCUT2D eigenvalue weighted by Crippen LogP contribution is -2.44. The Labute approximate surface area is 177 Å². The van der Waals surface area contributed by atoms with E-state index in [0.717, 1.165) is 24.3 Å². The molecule has 5 heteroatoms. The largest absolute Gasteiger partial charge is 0.494 e. The molecule has 1 aliphatic heterocycles. The molecule has 0 unspecified atom stereocenters. The molecule has 4 rings (SSSR count). The SMILES string of the molecule is CCOc1ccc(C2(CNC(=O)c3cccc(-n4cccc4)c3)CCOCC2)cc1. The summed E-state index contributed by atoms with van der Waals surface area (Å²) >= 11 is 0. The molecular formula is C25H28N2O3. The zero-order chi connectivity index (χ0) is 20.8. The van der Waals surface area contributed by atoms with Crippen molar-refractivity contribution in [3.05, 3.63) is 84.2 Å². The minimum Gasteiger partial charge on any atom is -0.494 e. The molecule has 1 N–H and O–H groups in total. The molecule has 1 aromatic heterocycles. The number of hydrogen-bond donors (Lipinski definition) is 1. The number of carbonyl (C=O) groups excluding carboxylic acids is 1. The smallest absolute Gasteiger partial charge is 0.251 e. The van der Waals surface area contributed by atoms with Gasteiger partial charge >= 0.3 is 0 Å². The number of benzene rings is 2. The van der Waals surface area contributed by atoms with E-state index in [2.05, 4.69) is 17.4 Å². The van der Waals surface area contributed by atoms with Crippen LogP contribution in [0.1, 0.15) is 35.7 Å². The van der Waals surface area contributed by atoms with Crippen LogP contribution in [0, 0.1) is 0 Å². The maximum atomic E-state index is 13.0. The summed E-state index contributed by atoms with van der Waals surface area (Å²) in [5.74, 6) is 0.815. The number of carbonyl (C=O) groups is 1. The number of nitrogens with one attached hydrogen (secondary N) is 1. The predicted molar refractivity (Wildman–Crippen MR) is 117 cm³/mol. The van der Waals surface area contributed by atoms with Crippen LogP contribution in [0.4, 0.5) is 0 Å². The molecule has 1 saturated heterocycles. The molecular weight excluding hydrogens is 376 g/mol. The van der Waals surface area contributed by atoms with E-state index in [4.69, 9.17) is 9.47 Å². The number of rotatable bonds is 7. The average molecular weight is 405 g/mol. The van der Waals surface area contributed by atoms with Crippen molar-refractivity contribution in [1.82, 2.24) is 9.88 Å². The molecule has 0 saturated carbocycles. The number of ether oxygens (including phenoxy) is 2. The number of aromatic nitrogens is 1. The van der Waals surface area contributed by atoms with Gasteiger partial charge in [0.25, 0.3) is 5.91 Å². The highest BCUT2D eigenvalue weighted by molar-refractivity contribution is 5.94. The second kappa shape index (κ2) is 9.18. The van der Waals surface area contributed by atoms with Crippen LogP contribution < -0.4 is 10.1 Å². The Morgan fingerprint density at radius 2 is 1.80 bits per heavy atom. The molecule has 1 aliphatic rings. The van der Waals surface area contributed by atoms with Gasteiger partial charge in [0.05, 0.1) is 6.61 Å². The Hall–Kier alpha value is -3.05. The van der Waals surface area contributed by atoms with Crippen LogP contribution in [0.15, 0.2) is 73.1 Å². The topological polar surface area (TPSA) is 52.5 Å². The molecule has 2 aromatic carbocycles. The van der Waals surface area contributed by atoms with Crippen molar-refractivity contribution in [2.75, 3.05) is 26.4 Å². The first-order chi connectivity index (χ1) is 14.7. The van der Waals surface area contributed by atoms with Gasteiger partial charge in [-0.05, 0) is 67.8 Å². The van der Waals surface area contributed by atoms with Crippen molar-refractivity contribution in [2.45, 2.75) is 25.2 Å². The fraction of sp³-hybridized carbons (Fsp3) is 0.320. The molecule has 2 heterocycles. The maximum absolute atomic E-state index is 13.0. The molecule has 1 fully saturated rings. The molecule has 3 aromatic rings. The van der Waals surface area contributed by atoms with Gasteiger partial charge in [0.2, 0.25) is 0 Å². The van der Waals surface area contributed by atoms with Crippen molar-refractivity contribution in [2.24, 2.45) is 0 Å². The lowest BCUT2D eigenvalue weighted by atomic mass is 9.74. The van der Waals surface area contributed by atoms with E-state index in [1.807, 2.05) is 72.4 Å². The van der Waals surface area contributed by atoms with Crippen molar-refractivity contribution >= 4 is 5.91 Å². The molecule has 156 valence electrons. The number of hydrogen-bond acceptors (Lipinski definition) is 3. The second-order valence-corrected chi connectivity index (χ2v) is 7.67. The van der Waals surface area contributed by atoms with Crippen LogP contribution >= 0.6 is 0 Å². The second-order valence-electron chi connectivity index (χ2n) is 7.67. The molecule has 0 bridgehead atoms. The highest BCUT2D eigenvalue weighted by Crippen LogP contribution is 2.35. The van der Waals surface area contributed by atoms with Crippen LogP contribution in [0.5, 0.6) is 5.75 Å². The summed E-state index contributed by atoms with van der Waals surface area (Å²) in [7, 11) is 0. The summed E-state index contributed by atoms with van der Waals surface area (Å²) < 4.78 is 13.2. The van der Waals surface area contributed by atoms with Crippen LogP contribution in [0.3, 0.4) is 0 Å². The average Bonchev–Trinajstić information content (AvgIpc) is 3.34. The van der Waals surface area contributed by atoms with E-state index in [1.165, 1.54) is 5.56 Å². The Morgan fingerprint density at radius 3 is 2.50 bits per heavy atom. The van der Waals surface area contributed by atoms with Crippen molar-refractivity contribution < 1.29 is 14.3 Å². The number of amides is 1. The van der Waals surface area contributed by atoms with Crippen LogP contribution in [-0.4, -0.2) is 36.8 Å². The third kappa shape index (κ3) is 4.41. The maximum Gasteiger partial charge on any atom is 0.251 e. The fourth-order valence-corrected chi connectivity index (χ4v) is 4.07. The first-order valence-corrected chi connectivity index (χ1v) is 10.5. The first-order valence-electron chi connectivity index (χ1n) is 10.5. The van der Waals surface area contributed by atoms with Gasteiger partial charge in [-0.25, -0.2) is 0 Å². The normalized spacial score (nSPS) is 15.5. The van der Waals surface area contributed by atoms with Gasteiger partial charge < -0.3 is 19.4 Å². The highest BCUT2D eigenvalue weighted by Gasteiger charge is 2.35. The van der Waals surface area contributed by atoms with Crippen molar-refractivity contribution in [3.63, 3.8) is 0 Å². The first kappa shape index (κ1) is 20.2. The minimum atomic E-state index is -0.128. The lowest BCUT2D eigenvalue weighted by Gasteiger charge is -2.38. The van der Waals surface area contributed by atoms with Gasteiger partial charge in [-0.3, -0.25) is 4.79 Å². The Bertz CT molecular complexity index is 958. The summed E-state index contributed by atoms with van der Waals surface area (Å²) in [6, 6.07) is 19.9. The zero-order valence-electron chi connectivity index (χ0n) is 17.3. The highest BCUT2D eigenvalue weighted by atomic mass is 16.5. The van der Waals surface area contributed by atoms with Gasteiger partial charge in [0.1, 0.15) is 5.75 Å². The van der Waals surface area contributed by atoms with Crippen LogP contribution in [0.2, 0.25) is 0 Å². The van der Waals surface area contributed by atoms with Crippen molar-refractivity contribution in [3.8, 4) is 11.4 Å². The molecule has 30 heavy (non-hydrogen) atoms. The van der Waals surface area contributed by atoms with E-state index >= 15 is 0 Å². The summed E-state index contributed by atoms with van der Waals surface area (Å²) in [6.07, 6.45) is 5.70. The fourth-order valence-electron chi connectivity index (χ4n) is 4.07.